The number of hydrogen-bond acceptors (Lipinski definition) is 4. The Hall–Kier alpha value is -1.32. The predicted octanol–water partition coefficient (Wildman–Crippen LogP) is 4.82. The molecule has 0 aliphatic heterocycles. The molecule has 0 amide bonds. The van der Waals surface area contributed by atoms with E-state index in [0.29, 0.717) is 18.6 Å². The summed E-state index contributed by atoms with van der Waals surface area (Å²) in [7, 11) is 0. The standard InChI is InChI=1S/C22H34O4/c1-2-3-4-5-9-25-20(23)6-7-21(24)26-10-8-22-14-17-11-18(15-22)13-19(12-17)16-22/h6-7,17-19H,2-5,8-16H2,1H3/b7-6+. The summed E-state index contributed by atoms with van der Waals surface area (Å²) in [6, 6.07) is 0. The number of carbonyl (C=O) groups excluding carboxylic acids is 2. The fourth-order valence-corrected chi connectivity index (χ4v) is 5.90. The molecule has 146 valence electrons. The molecule has 4 aliphatic rings. The first-order valence-electron chi connectivity index (χ1n) is 10.6. The Bertz CT molecular complexity index is 487. The van der Waals surface area contributed by atoms with E-state index in [-0.39, 0.29) is 0 Å². The zero-order chi connectivity index (χ0) is 18.4. The molecular weight excluding hydrogens is 328 g/mol. The van der Waals surface area contributed by atoms with Gasteiger partial charge in [0.1, 0.15) is 0 Å². The van der Waals surface area contributed by atoms with Crippen molar-refractivity contribution in [1.82, 2.24) is 0 Å². The number of esters is 2. The van der Waals surface area contributed by atoms with Crippen molar-refractivity contribution in [3.05, 3.63) is 12.2 Å². The highest BCUT2D eigenvalue weighted by molar-refractivity contribution is 5.91. The lowest BCUT2D eigenvalue weighted by molar-refractivity contribution is -0.142. The molecule has 0 heterocycles. The van der Waals surface area contributed by atoms with Gasteiger partial charge >= 0.3 is 11.9 Å². The van der Waals surface area contributed by atoms with E-state index in [1.54, 1.807) is 0 Å². The Labute approximate surface area is 157 Å². The summed E-state index contributed by atoms with van der Waals surface area (Å²) in [5.74, 6) is 1.87. The van der Waals surface area contributed by atoms with Gasteiger partial charge in [0.25, 0.3) is 0 Å². The van der Waals surface area contributed by atoms with Crippen LogP contribution in [0.15, 0.2) is 12.2 Å². The van der Waals surface area contributed by atoms with E-state index in [1.807, 2.05) is 0 Å². The highest BCUT2D eigenvalue weighted by atomic mass is 16.5. The van der Waals surface area contributed by atoms with Gasteiger partial charge in [-0.05, 0) is 74.5 Å². The third kappa shape index (κ3) is 5.34. The molecule has 0 aromatic carbocycles. The van der Waals surface area contributed by atoms with Crippen LogP contribution in [0.2, 0.25) is 0 Å². The molecule has 4 nitrogen and oxygen atoms in total. The van der Waals surface area contributed by atoms with Gasteiger partial charge in [-0.3, -0.25) is 0 Å². The third-order valence-corrected chi connectivity index (χ3v) is 6.64. The molecule has 0 spiro atoms. The first-order valence-corrected chi connectivity index (χ1v) is 10.6. The fraction of sp³-hybridized carbons (Fsp3) is 0.818. The second-order valence-corrected chi connectivity index (χ2v) is 8.90. The summed E-state index contributed by atoms with van der Waals surface area (Å²) in [6.07, 6.45) is 15.9. The predicted molar refractivity (Wildman–Crippen MR) is 100 cm³/mol. The fourth-order valence-electron chi connectivity index (χ4n) is 5.90. The summed E-state index contributed by atoms with van der Waals surface area (Å²) in [6.45, 7) is 3.04. The van der Waals surface area contributed by atoms with Gasteiger partial charge in [-0.2, -0.15) is 0 Å². The van der Waals surface area contributed by atoms with Crippen molar-refractivity contribution in [3.63, 3.8) is 0 Å². The van der Waals surface area contributed by atoms with Crippen LogP contribution in [0.4, 0.5) is 0 Å². The molecule has 0 unspecified atom stereocenters. The van der Waals surface area contributed by atoms with Crippen LogP contribution in [-0.4, -0.2) is 25.2 Å². The molecular formula is C22H34O4. The minimum atomic E-state index is -0.459. The number of unbranched alkanes of at least 4 members (excludes halogenated alkanes) is 3. The molecule has 0 radical (unpaired) electrons. The van der Waals surface area contributed by atoms with Crippen molar-refractivity contribution >= 4 is 11.9 Å². The lowest BCUT2D eigenvalue weighted by Crippen LogP contribution is -2.46. The minimum absolute atomic E-state index is 0.421. The van der Waals surface area contributed by atoms with E-state index in [4.69, 9.17) is 9.47 Å². The highest BCUT2D eigenvalue weighted by Crippen LogP contribution is 2.61. The van der Waals surface area contributed by atoms with Gasteiger partial charge in [0.05, 0.1) is 13.2 Å². The van der Waals surface area contributed by atoms with Crippen molar-refractivity contribution < 1.29 is 19.1 Å². The smallest absolute Gasteiger partial charge is 0.331 e. The number of ether oxygens (including phenoxy) is 2. The molecule has 4 aliphatic carbocycles. The van der Waals surface area contributed by atoms with Gasteiger partial charge in [0.15, 0.2) is 0 Å². The zero-order valence-corrected chi connectivity index (χ0v) is 16.2. The average Bonchev–Trinajstić information content (AvgIpc) is 2.58. The third-order valence-electron chi connectivity index (χ3n) is 6.64. The molecule has 0 aromatic rings. The summed E-state index contributed by atoms with van der Waals surface area (Å²) < 4.78 is 10.4. The van der Waals surface area contributed by atoms with Gasteiger partial charge in [0, 0.05) is 12.2 Å². The van der Waals surface area contributed by atoms with Crippen LogP contribution in [0.3, 0.4) is 0 Å². The van der Waals surface area contributed by atoms with Gasteiger partial charge < -0.3 is 9.47 Å². The van der Waals surface area contributed by atoms with Gasteiger partial charge in [-0.15, -0.1) is 0 Å². The lowest BCUT2D eigenvalue weighted by Gasteiger charge is -2.57. The second-order valence-electron chi connectivity index (χ2n) is 8.90. The Morgan fingerprint density at radius 2 is 1.38 bits per heavy atom. The maximum absolute atomic E-state index is 11.8. The first kappa shape index (κ1) is 19.4. The molecule has 4 saturated carbocycles. The van der Waals surface area contributed by atoms with Crippen LogP contribution in [0.5, 0.6) is 0 Å². The van der Waals surface area contributed by atoms with Crippen LogP contribution < -0.4 is 0 Å². The highest BCUT2D eigenvalue weighted by Gasteiger charge is 2.50. The van der Waals surface area contributed by atoms with Crippen molar-refractivity contribution in [2.75, 3.05) is 13.2 Å². The quantitative estimate of drug-likeness (QED) is 0.318. The summed E-state index contributed by atoms with van der Waals surface area (Å²) >= 11 is 0. The molecule has 26 heavy (non-hydrogen) atoms. The van der Waals surface area contributed by atoms with E-state index in [0.717, 1.165) is 49.9 Å². The van der Waals surface area contributed by atoms with Crippen LogP contribution in [0.25, 0.3) is 0 Å². The van der Waals surface area contributed by atoms with E-state index in [1.165, 1.54) is 50.7 Å². The van der Waals surface area contributed by atoms with E-state index in [2.05, 4.69) is 6.92 Å². The summed E-state index contributed by atoms with van der Waals surface area (Å²) in [5.41, 5.74) is 0.427. The average molecular weight is 363 g/mol. The maximum atomic E-state index is 11.8. The van der Waals surface area contributed by atoms with E-state index in [9.17, 15) is 9.59 Å². The Morgan fingerprint density at radius 3 is 1.92 bits per heavy atom. The summed E-state index contributed by atoms with van der Waals surface area (Å²) in [5, 5.41) is 0. The monoisotopic (exact) mass is 362 g/mol. The van der Waals surface area contributed by atoms with Gasteiger partial charge in [0.2, 0.25) is 0 Å². The molecule has 0 aromatic heterocycles. The Kier molecular flexibility index (Phi) is 6.77. The zero-order valence-electron chi connectivity index (χ0n) is 16.2. The van der Waals surface area contributed by atoms with Crippen molar-refractivity contribution in [1.29, 1.82) is 0 Å². The van der Waals surface area contributed by atoms with Crippen LogP contribution in [0.1, 0.15) is 77.6 Å². The Balaban J connectivity index is 1.31. The normalized spacial score (nSPS) is 32.1. The van der Waals surface area contributed by atoms with Crippen LogP contribution in [0, 0.1) is 23.2 Å². The number of carbonyl (C=O) groups is 2. The topological polar surface area (TPSA) is 52.6 Å². The molecule has 0 saturated heterocycles. The molecule has 4 bridgehead atoms. The minimum Gasteiger partial charge on any atom is -0.463 e. The van der Waals surface area contributed by atoms with Crippen molar-refractivity contribution in [2.45, 2.75) is 77.6 Å². The van der Waals surface area contributed by atoms with Crippen LogP contribution >= 0.6 is 0 Å². The number of hydrogen-bond donors (Lipinski definition) is 0. The van der Waals surface area contributed by atoms with E-state index < -0.39 is 11.9 Å². The van der Waals surface area contributed by atoms with Crippen molar-refractivity contribution in [3.8, 4) is 0 Å². The second kappa shape index (κ2) is 9.05. The largest absolute Gasteiger partial charge is 0.463 e. The van der Waals surface area contributed by atoms with Gasteiger partial charge in [-0.25, -0.2) is 9.59 Å². The molecule has 4 heteroatoms. The SMILES string of the molecule is CCCCCCOC(=O)/C=C/C(=O)OCCC12CC3CC(CC(C3)C1)C2. The van der Waals surface area contributed by atoms with Crippen LogP contribution in [-0.2, 0) is 19.1 Å². The molecule has 4 fully saturated rings. The van der Waals surface area contributed by atoms with E-state index >= 15 is 0 Å². The van der Waals surface area contributed by atoms with Gasteiger partial charge in [-0.1, -0.05) is 26.2 Å². The molecule has 0 N–H and O–H groups in total. The molecule has 0 atom stereocenters. The number of rotatable bonds is 10. The lowest BCUT2D eigenvalue weighted by atomic mass is 9.49. The van der Waals surface area contributed by atoms with Crippen molar-refractivity contribution in [2.24, 2.45) is 23.2 Å². The Morgan fingerprint density at radius 1 is 0.846 bits per heavy atom. The maximum Gasteiger partial charge on any atom is 0.331 e. The molecule has 4 rings (SSSR count). The first-order chi connectivity index (χ1) is 12.6. The summed E-state index contributed by atoms with van der Waals surface area (Å²) in [4.78, 5) is 23.4.